The number of hydrogen-bond donors (Lipinski definition) is 2. The second-order valence-electron chi connectivity index (χ2n) is 4.76. The van der Waals surface area contributed by atoms with Crippen molar-refractivity contribution in [2.24, 2.45) is 5.73 Å². The first-order chi connectivity index (χ1) is 9.26. The van der Waals surface area contributed by atoms with Crippen molar-refractivity contribution < 1.29 is 27.8 Å². The molecule has 112 valence electrons. The summed E-state index contributed by atoms with van der Waals surface area (Å²) >= 11 is 0. The predicted molar refractivity (Wildman–Crippen MR) is 65.7 cm³/mol. The summed E-state index contributed by atoms with van der Waals surface area (Å²) in [5.74, 6) is 0.545. The average Bonchev–Trinajstić information content (AvgIpc) is 2.60. The monoisotopic (exact) mass is 291 g/mol. The Kier molecular flexibility index (Phi) is 3.84. The molecule has 1 heterocycles. The van der Waals surface area contributed by atoms with Gasteiger partial charge in [0.05, 0.1) is 13.2 Å². The molecule has 1 aliphatic rings. The van der Waals surface area contributed by atoms with E-state index in [-0.39, 0.29) is 11.3 Å². The van der Waals surface area contributed by atoms with Crippen LogP contribution in [0.4, 0.5) is 13.2 Å². The van der Waals surface area contributed by atoms with Crippen molar-refractivity contribution >= 4 is 0 Å². The highest BCUT2D eigenvalue weighted by molar-refractivity contribution is 5.45. The molecule has 1 aromatic carbocycles. The Morgan fingerprint density at radius 3 is 2.35 bits per heavy atom. The van der Waals surface area contributed by atoms with Crippen LogP contribution in [0, 0.1) is 0 Å². The van der Waals surface area contributed by atoms with Crippen LogP contribution in [0.15, 0.2) is 18.2 Å². The van der Waals surface area contributed by atoms with Crippen molar-refractivity contribution in [2.45, 2.75) is 31.2 Å². The molecule has 0 aromatic heterocycles. The Balaban J connectivity index is 2.48. The lowest BCUT2D eigenvalue weighted by Crippen LogP contribution is -2.54. The summed E-state index contributed by atoms with van der Waals surface area (Å²) in [4.78, 5) is 0. The zero-order chi connectivity index (χ0) is 15.0. The van der Waals surface area contributed by atoms with Crippen LogP contribution in [0.1, 0.15) is 18.9 Å². The Morgan fingerprint density at radius 2 is 1.80 bits per heavy atom. The highest BCUT2D eigenvalue weighted by Crippen LogP contribution is 2.43. The van der Waals surface area contributed by atoms with Crippen LogP contribution in [0.3, 0.4) is 0 Å². The smallest absolute Gasteiger partial charge is 0.422 e. The number of hydrogen-bond acceptors (Lipinski definition) is 4. The maximum Gasteiger partial charge on any atom is 0.422 e. The molecule has 0 aliphatic carbocycles. The minimum atomic E-state index is -4.89. The SMILES string of the molecule is CC(N)C(O)(c1ccc2c(c1)OCCCO2)C(F)(F)F. The molecule has 0 radical (unpaired) electrons. The standard InChI is InChI=1S/C13H16F3NO3/c1-8(17)12(18,13(14,15)16)9-3-4-10-11(7-9)20-6-2-5-19-10/h3-4,7-8,18H,2,5-6,17H2,1H3. The van der Waals surface area contributed by atoms with Gasteiger partial charge in [-0.2, -0.15) is 13.2 Å². The van der Waals surface area contributed by atoms with E-state index in [1.54, 1.807) is 0 Å². The zero-order valence-electron chi connectivity index (χ0n) is 10.9. The summed E-state index contributed by atoms with van der Waals surface area (Å²) in [6.07, 6.45) is -4.25. The second-order valence-corrected chi connectivity index (χ2v) is 4.76. The first kappa shape index (κ1) is 14.9. The number of halogens is 3. The molecule has 1 aliphatic heterocycles. The topological polar surface area (TPSA) is 64.7 Å². The van der Waals surface area contributed by atoms with Crippen molar-refractivity contribution in [3.05, 3.63) is 23.8 Å². The van der Waals surface area contributed by atoms with Crippen molar-refractivity contribution in [3.63, 3.8) is 0 Å². The molecule has 4 nitrogen and oxygen atoms in total. The van der Waals surface area contributed by atoms with Gasteiger partial charge < -0.3 is 20.3 Å². The third-order valence-corrected chi connectivity index (χ3v) is 3.28. The molecule has 0 saturated carbocycles. The molecule has 0 amide bonds. The molecule has 1 aromatic rings. The second kappa shape index (κ2) is 5.14. The van der Waals surface area contributed by atoms with Gasteiger partial charge in [0.1, 0.15) is 0 Å². The molecule has 20 heavy (non-hydrogen) atoms. The fraction of sp³-hybridized carbons (Fsp3) is 0.538. The lowest BCUT2D eigenvalue weighted by Gasteiger charge is -2.34. The van der Waals surface area contributed by atoms with E-state index in [0.717, 1.165) is 19.1 Å². The maximum atomic E-state index is 13.2. The number of aliphatic hydroxyl groups is 1. The Morgan fingerprint density at radius 1 is 1.20 bits per heavy atom. The van der Waals surface area contributed by atoms with Crippen LogP contribution in [-0.2, 0) is 5.60 Å². The number of fused-ring (bicyclic) bond motifs is 1. The summed E-state index contributed by atoms with van der Waals surface area (Å²) < 4.78 is 50.1. The van der Waals surface area contributed by atoms with Gasteiger partial charge in [-0.15, -0.1) is 0 Å². The number of benzene rings is 1. The van der Waals surface area contributed by atoms with Crippen LogP contribution < -0.4 is 15.2 Å². The van der Waals surface area contributed by atoms with Gasteiger partial charge in [-0.25, -0.2) is 0 Å². The lowest BCUT2D eigenvalue weighted by molar-refractivity contribution is -0.272. The molecule has 2 unspecified atom stereocenters. The van der Waals surface area contributed by atoms with Crippen LogP contribution in [0.2, 0.25) is 0 Å². The molecule has 0 spiro atoms. The number of alkyl halides is 3. The van der Waals surface area contributed by atoms with Crippen LogP contribution in [0.25, 0.3) is 0 Å². The minimum absolute atomic E-state index is 0.184. The van der Waals surface area contributed by atoms with Gasteiger partial charge in [0.15, 0.2) is 11.5 Å². The predicted octanol–water partition coefficient (Wildman–Crippen LogP) is 1.95. The lowest BCUT2D eigenvalue weighted by atomic mass is 9.86. The van der Waals surface area contributed by atoms with Crippen LogP contribution >= 0.6 is 0 Å². The Bertz CT molecular complexity index is 490. The third-order valence-electron chi connectivity index (χ3n) is 3.28. The zero-order valence-corrected chi connectivity index (χ0v) is 10.9. The van der Waals surface area contributed by atoms with Gasteiger partial charge in [-0.05, 0) is 24.6 Å². The Labute approximate surface area is 114 Å². The minimum Gasteiger partial charge on any atom is -0.490 e. The quantitative estimate of drug-likeness (QED) is 0.874. The van der Waals surface area contributed by atoms with Gasteiger partial charge in [-0.3, -0.25) is 0 Å². The first-order valence-electron chi connectivity index (χ1n) is 6.21. The molecule has 2 atom stereocenters. The van der Waals surface area contributed by atoms with E-state index in [1.807, 2.05) is 0 Å². The summed E-state index contributed by atoms with van der Waals surface area (Å²) in [7, 11) is 0. The van der Waals surface area contributed by atoms with Crippen molar-refractivity contribution in [1.29, 1.82) is 0 Å². The molecule has 2 rings (SSSR count). The highest BCUT2D eigenvalue weighted by atomic mass is 19.4. The van der Waals surface area contributed by atoms with Crippen molar-refractivity contribution in [2.75, 3.05) is 13.2 Å². The molecule has 7 heteroatoms. The van der Waals surface area contributed by atoms with E-state index in [1.165, 1.54) is 6.07 Å². The number of nitrogens with two attached hydrogens (primary N) is 1. The Hall–Kier alpha value is -1.47. The van der Waals surface area contributed by atoms with Gasteiger partial charge in [0.2, 0.25) is 5.60 Å². The van der Waals surface area contributed by atoms with Crippen molar-refractivity contribution in [1.82, 2.24) is 0 Å². The summed E-state index contributed by atoms with van der Waals surface area (Å²) in [6.45, 7) is 1.89. The fourth-order valence-corrected chi connectivity index (χ4v) is 2.09. The molecular weight excluding hydrogens is 275 g/mol. The van der Waals surface area contributed by atoms with Gasteiger partial charge in [0.25, 0.3) is 0 Å². The molecule has 0 saturated heterocycles. The first-order valence-corrected chi connectivity index (χ1v) is 6.21. The van der Waals surface area contributed by atoms with Gasteiger partial charge in [0, 0.05) is 12.5 Å². The van der Waals surface area contributed by atoms with E-state index in [2.05, 4.69) is 0 Å². The van der Waals surface area contributed by atoms with Gasteiger partial charge in [-0.1, -0.05) is 6.07 Å². The largest absolute Gasteiger partial charge is 0.490 e. The third kappa shape index (κ3) is 2.43. The van der Waals surface area contributed by atoms with E-state index in [0.29, 0.717) is 25.4 Å². The molecule has 0 fully saturated rings. The maximum absolute atomic E-state index is 13.2. The van der Waals surface area contributed by atoms with E-state index >= 15 is 0 Å². The van der Waals surface area contributed by atoms with Crippen molar-refractivity contribution in [3.8, 4) is 11.5 Å². The molecular formula is C13H16F3NO3. The summed E-state index contributed by atoms with van der Waals surface area (Å²) in [5, 5.41) is 10.0. The normalized spacial score (nSPS) is 19.9. The fourth-order valence-electron chi connectivity index (χ4n) is 2.09. The summed E-state index contributed by atoms with van der Waals surface area (Å²) in [6, 6.07) is 2.13. The number of rotatable bonds is 2. The average molecular weight is 291 g/mol. The van der Waals surface area contributed by atoms with Crippen LogP contribution in [0.5, 0.6) is 11.5 Å². The van der Waals surface area contributed by atoms with E-state index in [9.17, 15) is 18.3 Å². The summed E-state index contributed by atoms with van der Waals surface area (Å²) in [5.41, 5.74) is 1.87. The van der Waals surface area contributed by atoms with Crippen LogP contribution in [-0.4, -0.2) is 30.5 Å². The number of ether oxygens (including phenoxy) is 2. The molecule has 0 bridgehead atoms. The molecule has 3 N–H and O–H groups in total. The highest BCUT2D eigenvalue weighted by Gasteiger charge is 2.57. The van der Waals surface area contributed by atoms with E-state index < -0.39 is 17.8 Å². The van der Waals surface area contributed by atoms with E-state index in [4.69, 9.17) is 15.2 Å². The van der Waals surface area contributed by atoms with Gasteiger partial charge >= 0.3 is 6.18 Å².